The number of amides is 1. The van der Waals surface area contributed by atoms with Crippen molar-refractivity contribution in [2.24, 2.45) is 0 Å². The van der Waals surface area contributed by atoms with Crippen molar-refractivity contribution in [3.8, 4) is 0 Å². The lowest BCUT2D eigenvalue weighted by atomic mass is 10.1. The number of nitrogens with one attached hydrogen (secondary N) is 1. The van der Waals surface area contributed by atoms with Gasteiger partial charge in [0.2, 0.25) is 0 Å². The van der Waals surface area contributed by atoms with Crippen molar-refractivity contribution in [3.63, 3.8) is 0 Å². The monoisotopic (exact) mass is 326 g/mol. The second kappa shape index (κ2) is 5.38. The molecule has 0 radical (unpaired) electrons. The second-order valence-electron chi connectivity index (χ2n) is 4.31. The molecule has 0 saturated heterocycles. The molecule has 1 aromatic heterocycles. The maximum Gasteiger partial charge on any atom is 0.257 e. The van der Waals surface area contributed by atoms with Gasteiger partial charge in [-0.3, -0.25) is 4.79 Å². The number of fused-ring (bicyclic) bond motifs is 1. The van der Waals surface area contributed by atoms with Crippen LogP contribution in [0.4, 0.5) is 23.2 Å². The zero-order valence-electron chi connectivity index (χ0n) is 10.7. The van der Waals surface area contributed by atoms with Crippen LogP contribution in [0.15, 0.2) is 29.8 Å². The minimum atomic E-state index is -1.98. The van der Waals surface area contributed by atoms with E-state index in [2.05, 4.69) is 4.98 Å². The molecular weight excluding hydrogens is 320 g/mol. The minimum Gasteiger partial charge on any atom is -0.319 e. The Morgan fingerprint density at radius 1 is 1.09 bits per heavy atom. The van der Waals surface area contributed by atoms with Gasteiger partial charge in [-0.15, -0.1) is 11.3 Å². The van der Waals surface area contributed by atoms with Crippen molar-refractivity contribution in [2.75, 3.05) is 5.32 Å². The summed E-state index contributed by atoms with van der Waals surface area (Å²) < 4.78 is 53.5. The summed E-state index contributed by atoms with van der Waals surface area (Å²) in [6.07, 6.45) is 0. The minimum absolute atomic E-state index is 0.114. The van der Waals surface area contributed by atoms with Gasteiger partial charge in [0.25, 0.3) is 5.91 Å². The normalized spacial score (nSPS) is 10.9. The first-order valence-electron chi connectivity index (χ1n) is 5.95. The quantitative estimate of drug-likeness (QED) is 0.437. The lowest BCUT2D eigenvalue weighted by molar-refractivity contribution is 0.102. The molecule has 1 heterocycles. The van der Waals surface area contributed by atoms with E-state index < -0.39 is 34.9 Å². The summed E-state index contributed by atoms with van der Waals surface area (Å²) in [7, 11) is 0. The number of hydrogen-bond donors (Lipinski definition) is 1. The number of halogens is 4. The Labute approximate surface area is 125 Å². The van der Waals surface area contributed by atoms with E-state index in [4.69, 9.17) is 0 Å². The van der Waals surface area contributed by atoms with E-state index in [0.29, 0.717) is 11.6 Å². The molecule has 2 aromatic carbocycles. The van der Waals surface area contributed by atoms with E-state index in [1.807, 2.05) is 5.32 Å². The first kappa shape index (κ1) is 14.5. The van der Waals surface area contributed by atoms with Crippen molar-refractivity contribution < 1.29 is 22.4 Å². The van der Waals surface area contributed by atoms with Crippen LogP contribution >= 0.6 is 11.3 Å². The number of anilines is 1. The Kier molecular flexibility index (Phi) is 3.53. The predicted octanol–water partition coefficient (Wildman–Crippen LogP) is 4.11. The highest BCUT2D eigenvalue weighted by Gasteiger charge is 2.21. The summed E-state index contributed by atoms with van der Waals surface area (Å²) in [5, 5.41) is 2.02. The molecule has 112 valence electrons. The SMILES string of the molecule is O=C(Nc1cc(F)c(F)c(F)c1F)c1cccc2scnc12. The Balaban J connectivity index is 2.00. The van der Waals surface area contributed by atoms with Gasteiger partial charge in [0, 0.05) is 6.07 Å². The maximum atomic E-state index is 13.6. The summed E-state index contributed by atoms with van der Waals surface area (Å²) in [5.74, 6) is -7.99. The number of aromatic nitrogens is 1. The summed E-state index contributed by atoms with van der Waals surface area (Å²) in [6.45, 7) is 0. The molecule has 3 rings (SSSR count). The molecule has 0 spiro atoms. The van der Waals surface area contributed by atoms with E-state index >= 15 is 0 Å². The summed E-state index contributed by atoms with van der Waals surface area (Å²) in [4.78, 5) is 16.1. The van der Waals surface area contributed by atoms with Crippen LogP contribution in [0.5, 0.6) is 0 Å². The lowest BCUT2D eigenvalue weighted by Gasteiger charge is -2.08. The first-order chi connectivity index (χ1) is 10.5. The van der Waals surface area contributed by atoms with Gasteiger partial charge >= 0.3 is 0 Å². The zero-order valence-corrected chi connectivity index (χ0v) is 11.5. The third-order valence-electron chi connectivity index (χ3n) is 2.96. The molecule has 3 nitrogen and oxygen atoms in total. The van der Waals surface area contributed by atoms with E-state index in [1.54, 1.807) is 12.1 Å². The fourth-order valence-corrected chi connectivity index (χ4v) is 2.63. The van der Waals surface area contributed by atoms with E-state index in [9.17, 15) is 22.4 Å². The summed E-state index contributed by atoms with van der Waals surface area (Å²) in [5.41, 5.74) is 1.24. The molecule has 3 aromatic rings. The largest absolute Gasteiger partial charge is 0.319 e. The zero-order chi connectivity index (χ0) is 15.9. The van der Waals surface area contributed by atoms with Crippen molar-refractivity contribution in [2.45, 2.75) is 0 Å². The van der Waals surface area contributed by atoms with Crippen LogP contribution in [-0.4, -0.2) is 10.9 Å². The molecule has 0 bridgehead atoms. The number of thiazole rings is 1. The molecule has 0 unspecified atom stereocenters. The van der Waals surface area contributed by atoms with Gasteiger partial charge < -0.3 is 5.32 Å². The number of benzene rings is 2. The average molecular weight is 326 g/mol. The van der Waals surface area contributed by atoms with Gasteiger partial charge in [-0.1, -0.05) is 6.07 Å². The molecule has 1 N–H and O–H groups in total. The van der Waals surface area contributed by atoms with Gasteiger partial charge in [0.05, 0.1) is 27.0 Å². The molecule has 1 amide bonds. The second-order valence-corrected chi connectivity index (χ2v) is 5.19. The van der Waals surface area contributed by atoms with Crippen molar-refractivity contribution in [1.82, 2.24) is 4.98 Å². The van der Waals surface area contributed by atoms with Crippen LogP contribution in [0, 0.1) is 23.3 Å². The molecule has 0 saturated carbocycles. The third kappa shape index (κ3) is 2.31. The number of nitrogens with zero attached hydrogens (tertiary/aromatic N) is 1. The number of carbonyl (C=O) groups excluding carboxylic acids is 1. The van der Waals surface area contributed by atoms with Crippen LogP contribution < -0.4 is 5.32 Å². The smallest absolute Gasteiger partial charge is 0.257 e. The van der Waals surface area contributed by atoms with Crippen molar-refractivity contribution >= 4 is 33.1 Å². The van der Waals surface area contributed by atoms with E-state index in [1.165, 1.54) is 22.9 Å². The van der Waals surface area contributed by atoms with Gasteiger partial charge in [-0.2, -0.15) is 0 Å². The Morgan fingerprint density at radius 3 is 2.64 bits per heavy atom. The molecule has 22 heavy (non-hydrogen) atoms. The van der Waals surface area contributed by atoms with Crippen molar-refractivity contribution in [1.29, 1.82) is 0 Å². The predicted molar refractivity (Wildman–Crippen MR) is 73.8 cm³/mol. The number of carbonyl (C=O) groups is 1. The Morgan fingerprint density at radius 2 is 1.86 bits per heavy atom. The Hall–Kier alpha value is -2.48. The number of hydrogen-bond acceptors (Lipinski definition) is 3. The number of para-hydroxylation sites is 1. The first-order valence-corrected chi connectivity index (χ1v) is 6.83. The van der Waals surface area contributed by atoms with Crippen LogP contribution in [0.2, 0.25) is 0 Å². The topological polar surface area (TPSA) is 42.0 Å². The van der Waals surface area contributed by atoms with E-state index in [0.717, 1.165) is 4.70 Å². The van der Waals surface area contributed by atoms with E-state index in [-0.39, 0.29) is 5.56 Å². The standard InChI is InChI=1S/C14H6F4N2OS/c15-7-4-8(11(17)12(18)10(7)16)20-14(21)6-2-1-3-9-13(6)19-5-22-9/h1-5H,(H,20,21). The molecule has 0 aliphatic heterocycles. The summed E-state index contributed by atoms with van der Waals surface area (Å²) in [6, 6.07) is 5.15. The fraction of sp³-hybridized carbons (Fsp3) is 0. The molecular formula is C14H6F4N2OS. The van der Waals surface area contributed by atoms with Gasteiger partial charge in [-0.05, 0) is 12.1 Å². The molecule has 0 fully saturated rings. The van der Waals surface area contributed by atoms with Crippen LogP contribution in [0.3, 0.4) is 0 Å². The van der Waals surface area contributed by atoms with Crippen LogP contribution in [0.1, 0.15) is 10.4 Å². The highest BCUT2D eigenvalue weighted by atomic mass is 32.1. The summed E-state index contributed by atoms with van der Waals surface area (Å²) >= 11 is 1.30. The lowest BCUT2D eigenvalue weighted by Crippen LogP contribution is -2.15. The molecule has 0 aliphatic rings. The van der Waals surface area contributed by atoms with Gasteiger partial charge in [-0.25, -0.2) is 22.5 Å². The van der Waals surface area contributed by atoms with Crippen LogP contribution in [0.25, 0.3) is 10.2 Å². The third-order valence-corrected chi connectivity index (χ3v) is 3.75. The highest BCUT2D eigenvalue weighted by molar-refractivity contribution is 7.16. The molecule has 0 atom stereocenters. The maximum absolute atomic E-state index is 13.6. The van der Waals surface area contributed by atoms with Gasteiger partial charge in [0.1, 0.15) is 0 Å². The Bertz CT molecular complexity index is 894. The fourth-order valence-electron chi connectivity index (χ4n) is 1.92. The molecule has 8 heteroatoms. The number of rotatable bonds is 2. The van der Waals surface area contributed by atoms with Crippen molar-refractivity contribution in [3.05, 3.63) is 58.6 Å². The average Bonchev–Trinajstić information content (AvgIpc) is 2.98. The molecule has 0 aliphatic carbocycles. The van der Waals surface area contributed by atoms with Gasteiger partial charge in [0.15, 0.2) is 23.3 Å². The van der Waals surface area contributed by atoms with Crippen LogP contribution in [-0.2, 0) is 0 Å². The highest BCUT2D eigenvalue weighted by Crippen LogP contribution is 2.25.